The van der Waals surface area contributed by atoms with Gasteiger partial charge in [-0.2, -0.15) is 0 Å². The van der Waals surface area contributed by atoms with Crippen LogP contribution in [-0.4, -0.2) is 18.5 Å². The second-order valence-corrected chi connectivity index (χ2v) is 6.88. The van der Waals surface area contributed by atoms with E-state index in [2.05, 4.69) is 10.6 Å². The highest BCUT2D eigenvalue weighted by Gasteiger charge is 2.23. The van der Waals surface area contributed by atoms with Crippen molar-refractivity contribution in [2.24, 2.45) is 5.73 Å². The van der Waals surface area contributed by atoms with Gasteiger partial charge < -0.3 is 25.8 Å². The van der Waals surface area contributed by atoms with Crippen molar-refractivity contribution < 1.29 is 14.3 Å². The quantitative estimate of drug-likeness (QED) is 0.358. The number of nitrogens with one attached hydrogen (secondary N) is 3. The Hall–Kier alpha value is -4.00. The van der Waals surface area contributed by atoms with Crippen LogP contribution >= 0.6 is 0 Å². The molecule has 7 nitrogen and oxygen atoms in total. The number of amidine groups is 1. The van der Waals surface area contributed by atoms with Crippen LogP contribution in [0.25, 0.3) is 0 Å². The normalized spacial score (nSPS) is 12.8. The molecule has 0 fully saturated rings. The van der Waals surface area contributed by atoms with E-state index in [-0.39, 0.29) is 18.5 Å². The van der Waals surface area contributed by atoms with Crippen molar-refractivity contribution >= 4 is 17.4 Å². The van der Waals surface area contributed by atoms with Crippen molar-refractivity contribution in [3.63, 3.8) is 0 Å². The average Bonchev–Trinajstić information content (AvgIpc) is 3.25. The fourth-order valence-electron chi connectivity index (χ4n) is 3.19. The summed E-state index contributed by atoms with van der Waals surface area (Å²) in [5.74, 6) is 1.10. The van der Waals surface area contributed by atoms with Gasteiger partial charge in [0.25, 0.3) is 0 Å². The Bertz CT molecular complexity index is 1050. The van der Waals surface area contributed by atoms with Crippen LogP contribution in [0.5, 0.6) is 11.5 Å². The summed E-state index contributed by atoms with van der Waals surface area (Å²) in [6, 6.07) is 21.6. The van der Waals surface area contributed by atoms with Gasteiger partial charge in [0.2, 0.25) is 12.7 Å². The molecule has 152 valence electrons. The Morgan fingerprint density at radius 1 is 1.00 bits per heavy atom. The minimum absolute atomic E-state index is 0.00512. The number of carbonyl (C=O) groups excluding carboxylic acids is 1. The second kappa shape index (κ2) is 8.57. The zero-order valence-corrected chi connectivity index (χ0v) is 16.2. The first kappa shape index (κ1) is 19.3. The van der Waals surface area contributed by atoms with E-state index in [4.69, 9.17) is 20.6 Å². The third kappa shape index (κ3) is 4.35. The first-order valence-corrected chi connectivity index (χ1v) is 9.52. The van der Waals surface area contributed by atoms with Gasteiger partial charge in [-0.3, -0.25) is 10.2 Å². The molecule has 0 aromatic heterocycles. The summed E-state index contributed by atoms with van der Waals surface area (Å²) in [5, 5.41) is 13.8. The predicted octanol–water partition coefficient (Wildman–Crippen LogP) is 3.17. The highest BCUT2D eigenvalue weighted by Crippen LogP contribution is 2.35. The van der Waals surface area contributed by atoms with Gasteiger partial charge in [0.1, 0.15) is 11.9 Å². The van der Waals surface area contributed by atoms with E-state index < -0.39 is 6.04 Å². The van der Waals surface area contributed by atoms with Crippen molar-refractivity contribution in [3.8, 4) is 11.5 Å². The summed E-state index contributed by atoms with van der Waals surface area (Å²) in [4.78, 5) is 13.1. The largest absolute Gasteiger partial charge is 0.454 e. The topological polar surface area (TPSA) is 109 Å². The molecule has 0 saturated heterocycles. The lowest BCUT2D eigenvalue weighted by molar-refractivity contribution is -0.122. The molecule has 1 amide bonds. The summed E-state index contributed by atoms with van der Waals surface area (Å²) >= 11 is 0. The van der Waals surface area contributed by atoms with Crippen LogP contribution in [-0.2, 0) is 11.3 Å². The molecule has 0 spiro atoms. The number of benzene rings is 3. The molecule has 5 N–H and O–H groups in total. The highest BCUT2D eigenvalue weighted by atomic mass is 16.7. The maximum atomic E-state index is 13.1. The molecule has 0 aliphatic carbocycles. The Morgan fingerprint density at radius 3 is 2.47 bits per heavy atom. The van der Waals surface area contributed by atoms with Gasteiger partial charge in [-0.05, 0) is 47.5 Å². The third-order valence-corrected chi connectivity index (χ3v) is 4.81. The van der Waals surface area contributed by atoms with E-state index in [1.807, 2.05) is 42.5 Å². The highest BCUT2D eigenvalue weighted by molar-refractivity contribution is 5.95. The van der Waals surface area contributed by atoms with Crippen molar-refractivity contribution in [3.05, 3.63) is 89.5 Å². The van der Waals surface area contributed by atoms with Gasteiger partial charge in [0.15, 0.2) is 11.5 Å². The molecule has 30 heavy (non-hydrogen) atoms. The van der Waals surface area contributed by atoms with Crippen LogP contribution in [0.3, 0.4) is 0 Å². The molecule has 1 aliphatic rings. The molecule has 4 rings (SSSR count). The van der Waals surface area contributed by atoms with Crippen molar-refractivity contribution in [2.45, 2.75) is 12.6 Å². The minimum atomic E-state index is -0.647. The van der Waals surface area contributed by atoms with Crippen LogP contribution in [0, 0.1) is 5.41 Å². The van der Waals surface area contributed by atoms with Crippen LogP contribution < -0.4 is 25.8 Å². The molecule has 1 atom stereocenters. The first-order valence-electron chi connectivity index (χ1n) is 9.52. The number of ether oxygens (including phenoxy) is 2. The van der Waals surface area contributed by atoms with Crippen LogP contribution in [0.2, 0.25) is 0 Å². The fraction of sp³-hybridized carbons (Fsp3) is 0.130. The van der Waals surface area contributed by atoms with E-state index in [1.54, 1.807) is 30.3 Å². The molecule has 0 radical (unpaired) electrons. The zero-order valence-electron chi connectivity index (χ0n) is 16.2. The lowest BCUT2D eigenvalue weighted by Gasteiger charge is -2.20. The van der Waals surface area contributed by atoms with E-state index >= 15 is 0 Å². The molecule has 3 aromatic rings. The second-order valence-electron chi connectivity index (χ2n) is 6.88. The summed E-state index contributed by atoms with van der Waals surface area (Å²) < 4.78 is 10.8. The molecule has 0 bridgehead atoms. The lowest BCUT2D eigenvalue weighted by atomic mass is 10.0. The average molecular weight is 402 g/mol. The molecular weight excluding hydrogens is 380 g/mol. The van der Waals surface area contributed by atoms with Gasteiger partial charge in [-0.25, -0.2) is 0 Å². The van der Waals surface area contributed by atoms with E-state index in [9.17, 15) is 4.79 Å². The summed E-state index contributed by atoms with van der Waals surface area (Å²) in [7, 11) is 0. The van der Waals surface area contributed by atoms with Crippen LogP contribution in [0.4, 0.5) is 5.69 Å². The third-order valence-electron chi connectivity index (χ3n) is 4.81. The number of rotatable bonds is 7. The number of amides is 1. The molecule has 7 heteroatoms. The lowest BCUT2D eigenvalue weighted by Crippen LogP contribution is -2.33. The Kier molecular flexibility index (Phi) is 5.52. The summed E-state index contributed by atoms with van der Waals surface area (Å²) in [5.41, 5.74) is 8.64. The van der Waals surface area contributed by atoms with Gasteiger partial charge >= 0.3 is 0 Å². The standard InChI is InChI=1S/C23H22N4O3/c24-22(25)16-6-9-18(10-7-16)27-21(17-8-11-19-20(12-17)30-14-29-19)23(28)26-13-15-4-2-1-3-5-15/h1-12,21,27H,13-14H2,(H3,24,25)(H,26,28). The Labute approximate surface area is 174 Å². The number of nitrogens with two attached hydrogens (primary N) is 1. The number of fused-ring (bicyclic) bond motifs is 1. The smallest absolute Gasteiger partial charge is 0.247 e. The fourth-order valence-corrected chi connectivity index (χ4v) is 3.19. The molecule has 1 aliphatic heterocycles. The SMILES string of the molecule is N=C(N)c1ccc(NC(C(=O)NCc2ccccc2)c2ccc3c(c2)OCO3)cc1. The van der Waals surface area contributed by atoms with Crippen LogP contribution in [0.1, 0.15) is 22.7 Å². The maximum Gasteiger partial charge on any atom is 0.247 e. The molecule has 1 unspecified atom stereocenters. The molecular formula is C23H22N4O3. The van der Waals surface area contributed by atoms with Crippen molar-refractivity contribution in [2.75, 3.05) is 12.1 Å². The first-order chi connectivity index (χ1) is 14.6. The monoisotopic (exact) mass is 402 g/mol. The molecule has 0 saturated carbocycles. The Morgan fingerprint density at radius 2 is 1.73 bits per heavy atom. The van der Waals surface area contributed by atoms with Gasteiger partial charge in [0.05, 0.1) is 0 Å². The van der Waals surface area contributed by atoms with Crippen LogP contribution in [0.15, 0.2) is 72.8 Å². The number of hydrogen-bond donors (Lipinski definition) is 4. The summed E-state index contributed by atoms with van der Waals surface area (Å²) in [6.45, 7) is 0.593. The number of nitrogen functional groups attached to an aromatic ring is 1. The Balaban J connectivity index is 1.57. The van der Waals surface area contributed by atoms with E-state index in [0.717, 1.165) is 16.8 Å². The van der Waals surface area contributed by atoms with Gasteiger partial charge in [0, 0.05) is 17.8 Å². The van der Waals surface area contributed by atoms with Crippen molar-refractivity contribution in [1.29, 1.82) is 5.41 Å². The number of anilines is 1. The van der Waals surface area contributed by atoms with Crippen molar-refractivity contribution in [1.82, 2.24) is 5.32 Å². The van der Waals surface area contributed by atoms with E-state index in [0.29, 0.717) is 23.6 Å². The molecule has 1 heterocycles. The van der Waals surface area contributed by atoms with Gasteiger partial charge in [-0.1, -0.05) is 36.4 Å². The summed E-state index contributed by atoms with van der Waals surface area (Å²) in [6.07, 6.45) is 0. The van der Waals surface area contributed by atoms with E-state index in [1.165, 1.54) is 0 Å². The number of hydrogen-bond acceptors (Lipinski definition) is 5. The zero-order chi connectivity index (χ0) is 20.9. The molecule has 3 aromatic carbocycles. The van der Waals surface area contributed by atoms with Gasteiger partial charge in [-0.15, -0.1) is 0 Å². The number of carbonyl (C=O) groups is 1. The maximum absolute atomic E-state index is 13.1. The minimum Gasteiger partial charge on any atom is -0.454 e. The predicted molar refractivity (Wildman–Crippen MR) is 115 cm³/mol.